The molecule has 0 radical (unpaired) electrons. The molecule has 236 valence electrons. The van der Waals surface area contributed by atoms with Crippen LogP contribution in [0.2, 0.25) is 0 Å². The van der Waals surface area contributed by atoms with Gasteiger partial charge in [-0.05, 0) is 106 Å². The molecule has 0 bridgehead atoms. The fourth-order valence-corrected chi connectivity index (χ4v) is 5.55. The molecule has 0 saturated heterocycles. The van der Waals surface area contributed by atoms with Crippen molar-refractivity contribution in [3.05, 3.63) is 132 Å². The highest BCUT2D eigenvalue weighted by Crippen LogP contribution is 2.42. The molecule has 5 aromatic rings. The lowest BCUT2D eigenvalue weighted by molar-refractivity contribution is -0.384. The summed E-state index contributed by atoms with van der Waals surface area (Å²) in [7, 11) is 1.48. The molecule has 11 nitrogen and oxygen atoms in total. The molecule has 2 heterocycles. The number of nitrogens with one attached hydrogen (secondary N) is 1. The van der Waals surface area contributed by atoms with Gasteiger partial charge in [-0.3, -0.25) is 14.9 Å². The molecule has 0 unspecified atom stereocenters. The topological polar surface area (TPSA) is 130 Å². The van der Waals surface area contributed by atoms with E-state index in [4.69, 9.17) is 18.6 Å². The minimum absolute atomic E-state index is 0.0269. The maximum absolute atomic E-state index is 12.7. The van der Waals surface area contributed by atoms with Gasteiger partial charge in [0.25, 0.3) is 5.69 Å². The van der Waals surface area contributed by atoms with Crippen LogP contribution in [0.4, 0.5) is 5.69 Å². The molecule has 0 saturated carbocycles. The lowest BCUT2D eigenvalue weighted by Crippen LogP contribution is -2.16. The van der Waals surface area contributed by atoms with Crippen LogP contribution in [0.15, 0.2) is 97.3 Å². The van der Waals surface area contributed by atoms with Gasteiger partial charge < -0.3 is 23.2 Å². The van der Waals surface area contributed by atoms with Gasteiger partial charge in [-0.25, -0.2) is 5.43 Å². The van der Waals surface area contributed by atoms with Crippen LogP contribution in [-0.4, -0.2) is 28.7 Å². The number of ether oxygens (including phenoxy) is 3. The number of hydrogen-bond acceptors (Lipinski definition) is 8. The average Bonchev–Trinajstić information content (AvgIpc) is 3.67. The Bertz CT molecular complexity index is 1900. The van der Waals surface area contributed by atoms with Crippen molar-refractivity contribution < 1.29 is 28.3 Å². The zero-order valence-electron chi connectivity index (χ0n) is 25.0. The van der Waals surface area contributed by atoms with E-state index in [-0.39, 0.29) is 24.7 Å². The van der Waals surface area contributed by atoms with Crippen molar-refractivity contribution in [3.63, 3.8) is 0 Å². The molecule has 0 aliphatic carbocycles. The number of aryl methyl sites for hydroxylation is 2. The van der Waals surface area contributed by atoms with Crippen molar-refractivity contribution in [1.82, 2.24) is 9.99 Å². The van der Waals surface area contributed by atoms with Gasteiger partial charge in [0.05, 0.1) is 22.7 Å². The fraction of sp³-hybridized carbons (Fsp3) is 0.152. The highest BCUT2D eigenvalue weighted by Gasteiger charge is 2.18. The summed E-state index contributed by atoms with van der Waals surface area (Å²) in [6.07, 6.45) is 1.44. The Morgan fingerprint density at radius 2 is 1.72 bits per heavy atom. The third-order valence-electron chi connectivity index (χ3n) is 6.88. The normalized spacial score (nSPS) is 11.1. The quantitative estimate of drug-likeness (QED) is 0.0776. The van der Waals surface area contributed by atoms with Gasteiger partial charge >= 0.3 is 5.91 Å². The summed E-state index contributed by atoms with van der Waals surface area (Å²) in [5, 5.41) is 15.1. The lowest BCUT2D eigenvalue weighted by atomic mass is 10.2. The van der Waals surface area contributed by atoms with Gasteiger partial charge in [0, 0.05) is 39.2 Å². The number of nitrogens with zero attached hydrogens (tertiary/aromatic N) is 3. The number of non-ortho nitro benzene ring substituents is 1. The number of hydrogen-bond donors (Lipinski definition) is 1. The standard InChI is InChI=1S/C33H28Br2N4O7/c1-20-7-8-21(2)38(20)24-9-11-26(12-10-24)44-19-27-13-14-28(46-27)33(40)37-36-17-23-16-29(43-3)32(31(35)30(23)34)45-18-22-5-4-6-25(15-22)39(41)42/h4-17H,18-19H2,1-3H3,(H,37,40)/b36-17+. The van der Waals surface area contributed by atoms with Gasteiger partial charge in [-0.15, -0.1) is 0 Å². The maximum atomic E-state index is 12.7. The highest BCUT2D eigenvalue weighted by molar-refractivity contribution is 9.13. The van der Waals surface area contributed by atoms with Crippen LogP contribution in [0.1, 0.15) is 38.8 Å². The first-order valence-electron chi connectivity index (χ1n) is 13.9. The molecule has 2 aromatic heterocycles. The first kappa shape index (κ1) is 32.5. The molecule has 1 amide bonds. The Morgan fingerprint density at radius 3 is 2.41 bits per heavy atom. The summed E-state index contributed by atoms with van der Waals surface area (Å²) < 4.78 is 26.2. The number of aromatic nitrogens is 1. The maximum Gasteiger partial charge on any atom is 0.307 e. The molecule has 0 aliphatic rings. The van der Waals surface area contributed by atoms with E-state index < -0.39 is 10.8 Å². The minimum Gasteiger partial charge on any atom is -0.493 e. The van der Waals surface area contributed by atoms with Crippen LogP contribution >= 0.6 is 31.9 Å². The first-order chi connectivity index (χ1) is 22.1. The zero-order valence-corrected chi connectivity index (χ0v) is 28.1. The number of amides is 1. The third-order valence-corrected chi connectivity index (χ3v) is 9.03. The van der Waals surface area contributed by atoms with Crippen molar-refractivity contribution in [3.8, 4) is 22.9 Å². The summed E-state index contributed by atoms with van der Waals surface area (Å²) in [4.78, 5) is 23.3. The zero-order chi connectivity index (χ0) is 32.8. The van der Waals surface area contributed by atoms with E-state index >= 15 is 0 Å². The van der Waals surface area contributed by atoms with E-state index in [9.17, 15) is 14.9 Å². The van der Waals surface area contributed by atoms with E-state index in [1.807, 2.05) is 24.3 Å². The van der Waals surface area contributed by atoms with Gasteiger partial charge in [0.15, 0.2) is 17.3 Å². The molecule has 46 heavy (non-hydrogen) atoms. The molecule has 1 N–H and O–H groups in total. The summed E-state index contributed by atoms with van der Waals surface area (Å²) in [6.45, 7) is 4.34. The molecular weight excluding hydrogens is 724 g/mol. The lowest BCUT2D eigenvalue weighted by Gasteiger charge is -2.15. The van der Waals surface area contributed by atoms with E-state index in [0.29, 0.717) is 43.1 Å². The SMILES string of the molecule is COc1cc(/C=N/NC(=O)c2ccc(COc3ccc(-n4c(C)ccc4C)cc3)o2)c(Br)c(Br)c1OCc1cccc([N+](=O)[O-])c1. The molecule has 0 spiro atoms. The molecule has 13 heteroatoms. The highest BCUT2D eigenvalue weighted by atomic mass is 79.9. The largest absolute Gasteiger partial charge is 0.493 e. The number of hydrazone groups is 1. The number of benzene rings is 3. The monoisotopic (exact) mass is 750 g/mol. The van der Waals surface area contributed by atoms with E-state index in [0.717, 1.165) is 17.1 Å². The summed E-state index contributed by atoms with van der Waals surface area (Å²) >= 11 is 7.02. The van der Waals surface area contributed by atoms with Crippen molar-refractivity contribution >= 4 is 49.7 Å². The van der Waals surface area contributed by atoms with E-state index in [2.05, 4.69) is 72.9 Å². The second-order valence-corrected chi connectivity index (χ2v) is 11.6. The Labute approximate surface area is 281 Å². The second kappa shape index (κ2) is 14.5. The van der Waals surface area contributed by atoms with Gasteiger partial charge in [-0.2, -0.15) is 5.10 Å². The third kappa shape index (κ3) is 7.49. The number of halogens is 2. The first-order valence-corrected chi connectivity index (χ1v) is 15.5. The summed E-state index contributed by atoms with van der Waals surface area (Å²) in [6, 6.07) is 23.0. The second-order valence-electron chi connectivity index (χ2n) is 10.0. The van der Waals surface area contributed by atoms with Crippen molar-refractivity contribution in [1.29, 1.82) is 0 Å². The molecular formula is C33H28Br2N4O7. The number of carbonyl (C=O) groups excluding carboxylic acids is 1. The van der Waals surface area contributed by atoms with Crippen LogP contribution in [0, 0.1) is 24.0 Å². The van der Waals surface area contributed by atoms with Crippen LogP contribution < -0.4 is 19.6 Å². The van der Waals surface area contributed by atoms with Gasteiger partial charge in [0.2, 0.25) is 0 Å². The molecule has 3 aromatic carbocycles. The van der Waals surface area contributed by atoms with Crippen LogP contribution in [0.25, 0.3) is 5.69 Å². The Kier molecular flexibility index (Phi) is 10.2. The fourth-order valence-electron chi connectivity index (χ4n) is 4.61. The Balaban J connectivity index is 1.17. The van der Waals surface area contributed by atoms with Crippen molar-refractivity contribution in [2.75, 3.05) is 7.11 Å². The van der Waals surface area contributed by atoms with Crippen molar-refractivity contribution in [2.45, 2.75) is 27.1 Å². The van der Waals surface area contributed by atoms with E-state index in [1.54, 1.807) is 30.3 Å². The number of furan rings is 1. The number of nitro benzene ring substituents is 1. The summed E-state index contributed by atoms with van der Waals surface area (Å²) in [5.41, 5.74) is 6.97. The average molecular weight is 752 g/mol. The van der Waals surface area contributed by atoms with Gasteiger partial charge in [0.1, 0.15) is 24.7 Å². The smallest absolute Gasteiger partial charge is 0.307 e. The number of nitro groups is 1. The van der Waals surface area contributed by atoms with Crippen LogP contribution in [0.3, 0.4) is 0 Å². The van der Waals surface area contributed by atoms with E-state index in [1.165, 1.54) is 25.5 Å². The van der Waals surface area contributed by atoms with Crippen LogP contribution in [-0.2, 0) is 13.2 Å². The predicted molar refractivity (Wildman–Crippen MR) is 179 cm³/mol. The molecule has 5 rings (SSSR count). The molecule has 0 fully saturated rings. The minimum atomic E-state index is -0.539. The number of carbonyl (C=O) groups is 1. The van der Waals surface area contributed by atoms with Crippen molar-refractivity contribution in [2.24, 2.45) is 5.10 Å². The molecule has 0 aliphatic heterocycles. The molecule has 0 atom stereocenters. The number of methoxy groups -OCH3 is 1. The Hall–Kier alpha value is -4.88. The van der Waals surface area contributed by atoms with Gasteiger partial charge in [-0.1, -0.05) is 12.1 Å². The predicted octanol–water partition coefficient (Wildman–Crippen LogP) is 8.05. The Morgan fingerprint density at radius 1 is 0.978 bits per heavy atom. The van der Waals surface area contributed by atoms with Crippen LogP contribution in [0.5, 0.6) is 17.2 Å². The summed E-state index contributed by atoms with van der Waals surface area (Å²) in [5.74, 6) is 1.46. The number of rotatable bonds is 12.